The first kappa shape index (κ1) is 16.6. The summed E-state index contributed by atoms with van der Waals surface area (Å²) in [5.74, 6) is -0.428. The zero-order valence-corrected chi connectivity index (χ0v) is 12.2. The van der Waals surface area contributed by atoms with Gasteiger partial charge in [-0.15, -0.1) is 0 Å². The molecule has 1 rings (SSSR count). The fraction of sp³-hybridized carbons (Fsp3) is 0.417. The maximum atomic E-state index is 11.9. The quantitative estimate of drug-likeness (QED) is 0.532. The first-order chi connectivity index (χ1) is 9.51. The van der Waals surface area contributed by atoms with Gasteiger partial charge in [-0.25, -0.2) is 18.6 Å². The van der Waals surface area contributed by atoms with E-state index in [-0.39, 0.29) is 18.0 Å². The Morgan fingerprint density at radius 3 is 2.45 bits per heavy atom. The monoisotopic (exact) mass is 302 g/mol. The van der Waals surface area contributed by atoms with Gasteiger partial charge >= 0.3 is 0 Å². The number of hydrogen-bond acceptors (Lipinski definition) is 5. The van der Waals surface area contributed by atoms with Crippen LogP contribution in [-0.2, 0) is 19.6 Å². The maximum absolute atomic E-state index is 11.9. The minimum atomic E-state index is -3.58. The largest absolute Gasteiger partial charge is 0.383 e. The molecule has 0 aliphatic carbocycles. The van der Waals surface area contributed by atoms with Gasteiger partial charge in [0, 0.05) is 19.2 Å². The van der Waals surface area contributed by atoms with Gasteiger partial charge < -0.3 is 4.74 Å². The van der Waals surface area contributed by atoms with Crippen LogP contribution >= 0.6 is 0 Å². The van der Waals surface area contributed by atoms with Crippen LogP contribution in [0.4, 0.5) is 0 Å². The van der Waals surface area contributed by atoms with E-state index in [4.69, 9.17) is 9.57 Å². The summed E-state index contributed by atoms with van der Waals surface area (Å²) < 4.78 is 30.9. The summed E-state index contributed by atoms with van der Waals surface area (Å²) in [6.07, 6.45) is 0. The predicted octanol–water partition coefficient (Wildman–Crippen LogP) is 0.293. The van der Waals surface area contributed by atoms with Gasteiger partial charge in [0.1, 0.15) is 0 Å². The number of hydrogen-bond donors (Lipinski definition) is 2. The molecule has 20 heavy (non-hydrogen) atoms. The van der Waals surface area contributed by atoms with Crippen molar-refractivity contribution >= 4 is 15.9 Å². The number of carbonyl (C=O) groups is 1. The Balaban J connectivity index is 2.72. The van der Waals surface area contributed by atoms with Crippen molar-refractivity contribution in [2.45, 2.75) is 11.8 Å². The molecule has 0 atom stereocenters. The summed E-state index contributed by atoms with van der Waals surface area (Å²) in [7, 11) is -2.10. The summed E-state index contributed by atoms with van der Waals surface area (Å²) >= 11 is 0. The fourth-order valence-electron chi connectivity index (χ4n) is 1.34. The number of methoxy groups -OCH3 is 1. The SMILES string of the molecule is CCONC(=O)c1ccc(S(=O)(=O)NCCOC)cc1. The molecule has 0 saturated heterocycles. The van der Waals surface area contributed by atoms with Gasteiger partial charge in [-0.05, 0) is 31.2 Å². The Bertz CT molecular complexity index is 527. The van der Waals surface area contributed by atoms with Crippen LogP contribution in [0.15, 0.2) is 29.2 Å². The number of hydroxylamine groups is 1. The van der Waals surface area contributed by atoms with Crippen molar-refractivity contribution in [1.82, 2.24) is 10.2 Å². The lowest BCUT2D eigenvalue weighted by atomic mass is 10.2. The van der Waals surface area contributed by atoms with Crippen molar-refractivity contribution in [3.05, 3.63) is 29.8 Å². The molecule has 7 nitrogen and oxygen atoms in total. The summed E-state index contributed by atoms with van der Waals surface area (Å²) in [6, 6.07) is 5.55. The van der Waals surface area contributed by atoms with E-state index >= 15 is 0 Å². The standard InChI is InChI=1S/C12H18N2O5S/c1-3-19-14-12(15)10-4-6-11(7-5-10)20(16,17)13-8-9-18-2/h4-7,13H,3,8-9H2,1-2H3,(H,14,15). The number of benzene rings is 1. The highest BCUT2D eigenvalue weighted by atomic mass is 32.2. The van der Waals surface area contributed by atoms with Crippen molar-refractivity contribution in [3.8, 4) is 0 Å². The highest BCUT2D eigenvalue weighted by Gasteiger charge is 2.14. The minimum Gasteiger partial charge on any atom is -0.383 e. The van der Waals surface area contributed by atoms with Crippen LogP contribution < -0.4 is 10.2 Å². The van der Waals surface area contributed by atoms with Gasteiger partial charge in [-0.3, -0.25) is 9.63 Å². The second-order valence-corrected chi connectivity index (χ2v) is 5.55. The van der Waals surface area contributed by atoms with E-state index < -0.39 is 15.9 Å². The average molecular weight is 302 g/mol. The molecule has 1 aromatic carbocycles. The molecule has 1 amide bonds. The smallest absolute Gasteiger partial charge is 0.274 e. The van der Waals surface area contributed by atoms with E-state index in [0.717, 1.165) is 0 Å². The van der Waals surface area contributed by atoms with Crippen LogP contribution in [0.5, 0.6) is 0 Å². The van der Waals surface area contributed by atoms with Gasteiger partial charge in [0.05, 0.1) is 18.1 Å². The highest BCUT2D eigenvalue weighted by molar-refractivity contribution is 7.89. The molecule has 112 valence electrons. The van der Waals surface area contributed by atoms with Crippen LogP contribution in [0.25, 0.3) is 0 Å². The third-order valence-corrected chi connectivity index (χ3v) is 3.81. The summed E-state index contributed by atoms with van der Waals surface area (Å²) in [5, 5.41) is 0. The van der Waals surface area contributed by atoms with Crippen LogP contribution in [0.1, 0.15) is 17.3 Å². The Hall–Kier alpha value is -1.48. The van der Waals surface area contributed by atoms with Crippen molar-refractivity contribution in [2.75, 3.05) is 26.9 Å². The molecule has 2 N–H and O–H groups in total. The Labute approximate surface area is 118 Å². The Morgan fingerprint density at radius 1 is 1.25 bits per heavy atom. The number of nitrogens with one attached hydrogen (secondary N) is 2. The molecule has 0 aliphatic rings. The first-order valence-corrected chi connectivity index (χ1v) is 7.50. The third-order valence-electron chi connectivity index (χ3n) is 2.33. The summed E-state index contributed by atoms with van der Waals surface area (Å²) in [4.78, 5) is 16.4. The topological polar surface area (TPSA) is 93.7 Å². The number of sulfonamides is 1. The van der Waals surface area contributed by atoms with Crippen LogP contribution in [-0.4, -0.2) is 41.2 Å². The average Bonchev–Trinajstić information content (AvgIpc) is 2.45. The van der Waals surface area contributed by atoms with Crippen molar-refractivity contribution in [3.63, 3.8) is 0 Å². The molecular weight excluding hydrogens is 284 g/mol. The lowest BCUT2D eigenvalue weighted by Gasteiger charge is -2.07. The summed E-state index contributed by atoms with van der Waals surface area (Å²) in [5.41, 5.74) is 2.54. The van der Waals surface area contributed by atoms with E-state index in [9.17, 15) is 13.2 Å². The highest BCUT2D eigenvalue weighted by Crippen LogP contribution is 2.10. The zero-order valence-electron chi connectivity index (χ0n) is 11.4. The molecular formula is C12H18N2O5S. The van der Waals surface area contributed by atoms with Gasteiger partial charge in [-0.2, -0.15) is 0 Å². The maximum Gasteiger partial charge on any atom is 0.274 e. The van der Waals surface area contributed by atoms with Crippen LogP contribution in [0.3, 0.4) is 0 Å². The van der Waals surface area contributed by atoms with Crippen molar-refractivity contribution in [1.29, 1.82) is 0 Å². The van der Waals surface area contributed by atoms with E-state index in [1.807, 2.05) is 0 Å². The van der Waals surface area contributed by atoms with Gasteiger partial charge in [0.2, 0.25) is 10.0 Å². The molecule has 0 spiro atoms. The van der Waals surface area contributed by atoms with Crippen molar-refractivity contribution in [2.24, 2.45) is 0 Å². The number of amides is 1. The molecule has 0 radical (unpaired) electrons. The van der Waals surface area contributed by atoms with E-state index in [1.54, 1.807) is 6.92 Å². The number of ether oxygens (including phenoxy) is 1. The Morgan fingerprint density at radius 2 is 1.90 bits per heavy atom. The molecule has 0 aliphatic heterocycles. The second-order valence-electron chi connectivity index (χ2n) is 3.78. The molecule has 0 aromatic heterocycles. The minimum absolute atomic E-state index is 0.0848. The van der Waals surface area contributed by atoms with Gasteiger partial charge in [0.25, 0.3) is 5.91 Å². The summed E-state index contributed by atoms with van der Waals surface area (Å²) in [6.45, 7) is 2.56. The molecule has 0 bridgehead atoms. The van der Waals surface area contributed by atoms with Crippen molar-refractivity contribution < 1.29 is 22.8 Å². The predicted molar refractivity (Wildman–Crippen MR) is 72.6 cm³/mol. The number of carbonyl (C=O) groups excluding carboxylic acids is 1. The molecule has 8 heteroatoms. The van der Waals surface area contributed by atoms with Gasteiger partial charge in [-0.1, -0.05) is 0 Å². The third kappa shape index (κ3) is 4.89. The lowest BCUT2D eigenvalue weighted by molar-refractivity contribution is 0.0364. The van der Waals surface area contributed by atoms with Crippen LogP contribution in [0.2, 0.25) is 0 Å². The van der Waals surface area contributed by atoms with E-state index in [0.29, 0.717) is 12.2 Å². The number of rotatable bonds is 8. The molecule has 0 unspecified atom stereocenters. The molecule has 1 aromatic rings. The molecule has 0 fully saturated rings. The second kappa shape index (κ2) is 7.95. The van der Waals surface area contributed by atoms with Crippen LogP contribution in [0, 0.1) is 0 Å². The Kier molecular flexibility index (Phi) is 6.59. The normalized spacial score (nSPS) is 11.3. The van der Waals surface area contributed by atoms with E-state index in [1.165, 1.54) is 31.4 Å². The fourth-order valence-corrected chi connectivity index (χ4v) is 2.36. The molecule has 0 saturated carbocycles. The van der Waals surface area contributed by atoms with Gasteiger partial charge in [0.15, 0.2) is 0 Å². The first-order valence-electron chi connectivity index (χ1n) is 6.02. The molecule has 0 heterocycles. The zero-order chi connectivity index (χ0) is 15.0. The van der Waals surface area contributed by atoms with E-state index in [2.05, 4.69) is 10.2 Å². The lowest BCUT2D eigenvalue weighted by Crippen LogP contribution is -2.27.